The number of nitrogens with zero attached hydrogens (tertiary/aromatic N) is 3. The molecule has 2 heterocycles. The third-order valence-corrected chi connectivity index (χ3v) is 4.68. The Morgan fingerprint density at radius 2 is 1.71 bits per heavy atom. The summed E-state index contributed by atoms with van der Waals surface area (Å²) in [5.74, 6) is -0.510. The van der Waals surface area contributed by atoms with E-state index < -0.39 is 23.5 Å². The Kier molecular flexibility index (Phi) is 4.11. The monoisotopic (exact) mass is 365 g/mol. The maximum atomic E-state index is 12.8. The number of aryl methyl sites for hydroxylation is 1. The fraction of sp³-hybridized carbons (Fsp3) is 0.188. The molecule has 24 heavy (non-hydrogen) atoms. The molecule has 0 spiro atoms. The van der Waals surface area contributed by atoms with Crippen molar-refractivity contribution in [2.45, 2.75) is 6.04 Å². The van der Waals surface area contributed by atoms with E-state index in [1.807, 2.05) is 0 Å². The van der Waals surface area contributed by atoms with Gasteiger partial charge < -0.3 is 9.47 Å². The van der Waals surface area contributed by atoms with E-state index in [1.54, 1.807) is 37.5 Å². The second-order valence-corrected chi connectivity index (χ2v) is 6.27. The molecule has 0 N–H and O–H groups in total. The van der Waals surface area contributed by atoms with Gasteiger partial charge in [0.2, 0.25) is 0 Å². The lowest BCUT2D eigenvalue weighted by Gasteiger charge is -2.16. The molecule has 0 saturated carbocycles. The highest BCUT2D eigenvalue weighted by Crippen LogP contribution is 2.34. The molecular weight excluding hydrogens is 353 g/mol. The second-order valence-electron chi connectivity index (χ2n) is 5.45. The van der Waals surface area contributed by atoms with Crippen molar-refractivity contribution in [2.75, 3.05) is 11.9 Å². The van der Waals surface area contributed by atoms with Gasteiger partial charge in [0.15, 0.2) is 0 Å². The lowest BCUT2D eigenvalue weighted by Crippen LogP contribution is -2.36. The van der Waals surface area contributed by atoms with Crippen molar-refractivity contribution in [3.05, 3.63) is 62.5 Å². The predicted molar refractivity (Wildman–Crippen MR) is 91.5 cm³/mol. The summed E-state index contributed by atoms with van der Waals surface area (Å²) in [6.45, 7) is 0. The van der Waals surface area contributed by atoms with E-state index >= 15 is 0 Å². The first-order valence-electron chi connectivity index (χ1n) is 7.04. The summed E-state index contributed by atoms with van der Waals surface area (Å²) in [4.78, 5) is 39.8. The van der Waals surface area contributed by atoms with Crippen LogP contribution in [0.15, 0.2) is 41.3 Å². The summed E-state index contributed by atoms with van der Waals surface area (Å²) in [7, 11) is 3.05. The van der Waals surface area contributed by atoms with Crippen LogP contribution in [0.1, 0.15) is 11.6 Å². The van der Waals surface area contributed by atoms with E-state index in [4.69, 9.17) is 23.2 Å². The largest absolute Gasteiger partial charge is 0.332 e. The zero-order valence-corrected chi connectivity index (χ0v) is 14.4. The minimum absolute atomic E-state index is 0.0180. The highest BCUT2D eigenvalue weighted by Gasteiger charge is 2.45. The van der Waals surface area contributed by atoms with Crippen LogP contribution in [0.4, 0.5) is 10.5 Å². The summed E-state index contributed by atoms with van der Waals surface area (Å²) in [6, 6.07) is 6.36. The number of imide groups is 1. The first-order valence-corrected chi connectivity index (χ1v) is 7.80. The molecule has 124 valence electrons. The number of hydrogen-bond donors (Lipinski definition) is 0. The van der Waals surface area contributed by atoms with Gasteiger partial charge in [0.25, 0.3) is 11.5 Å². The van der Waals surface area contributed by atoms with Gasteiger partial charge >= 0.3 is 6.03 Å². The number of aromatic nitrogens is 1. The van der Waals surface area contributed by atoms with Gasteiger partial charge in [0.05, 0.1) is 10.0 Å². The highest BCUT2D eigenvalue weighted by molar-refractivity contribution is 6.42. The van der Waals surface area contributed by atoms with Crippen LogP contribution in [0.5, 0.6) is 0 Å². The van der Waals surface area contributed by atoms with E-state index in [0.29, 0.717) is 10.6 Å². The van der Waals surface area contributed by atoms with Gasteiger partial charge in [-0.1, -0.05) is 29.3 Å². The Morgan fingerprint density at radius 1 is 1.00 bits per heavy atom. The Bertz CT molecular complexity index is 910. The van der Waals surface area contributed by atoms with Crippen molar-refractivity contribution >= 4 is 40.8 Å². The van der Waals surface area contributed by atoms with Crippen LogP contribution in [0.3, 0.4) is 0 Å². The van der Waals surface area contributed by atoms with Gasteiger partial charge in [-0.2, -0.15) is 0 Å². The van der Waals surface area contributed by atoms with Gasteiger partial charge in [-0.05, 0) is 29.8 Å². The van der Waals surface area contributed by atoms with Gasteiger partial charge in [-0.25, -0.2) is 9.69 Å². The molecule has 1 fully saturated rings. The average Bonchev–Trinajstić information content (AvgIpc) is 2.76. The molecule has 1 aliphatic rings. The fourth-order valence-electron chi connectivity index (χ4n) is 2.67. The zero-order chi connectivity index (χ0) is 17.6. The minimum Gasteiger partial charge on any atom is -0.317 e. The van der Waals surface area contributed by atoms with Gasteiger partial charge in [0.1, 0.15) is 11.7 Å². The Balaban J connectivity index is 2.08. The number of halogens is 2. The van der Waals surface area contributed by atoms with Crippen LogP contribution in [0.25, 0.3) is 0 Å². The first-order chi connectivity index (χ1) is 11.3. The van der Waals surface area contributed by atoms with Crippen LogP contribution < -0.4 is 10.5 Å². The maximum absolute atomic E-state index is 12.8. The Labute approximate surface area is 147 Å². The van der Waals surface area contributed by atoms with E-state index in [9.17, 15) is 14.4 Å². The molecule has 0 radical (unpaired) electrons. The number of carbonyl (C=O) groups is 2. The van der Waals surface area contributed by atoms with Crippen molar-refractivity contribution < 1.29 is 9.59 Å². The van der Waals surface area contributed by atoms with E-state index in [2.05, 4.69) is 0 Å². The quantitative estimate of drug-likeness (QED) is 0.768. The Morgan fingerprint density at radius 3 is 2.38 bits per heavy atom. The summed E-state index contributed by atoms with van der Waals surface area (Å²) < 4.78 is 1.31. The number of pyridine rings is 1. The highest BCUT2D eigenvalue weighted by atomic mass is 35.5. The van der Waals surface area contributed by atoms with Gasteiger partial charge in [0, 0.05) is 20.3 Å². The fourth-order valence-corrected chi connectivity index (χ4v) is 2.98. The zero-order valence-electron chi connectivity index (χ0n) is 12.9. The van der Waals surface area contributed by atoms with Crippen LogP contribution in [-0.4, -0.2) is 28.5 Å². The molecule has 1 aromatic heterocycles. The number of rotatable bonds is 2. The standard InChI is InChI=1S/C16H13Cl2N3O3/c1-19-7-3-4-12(14(19)22)21-15(23)13(20(2)16(21)24)9-5-6-10(17)11(18)8-9/h3-8,13H,1-2H3/t13-/m1/s1. The van der Waals surface area contributed by atoms with Crippen LogP contribution in [-0.2, 0) is 11.8 Å². The number of urea groups is 1. The number of carbonyl (C=O) groups excluding carboxylic acids is 2. The number of amides is 3. The average molecular weight is 366 g/mol. The van der Waals surface area contributed by atoms with Crippen molar-refractivity contribution in [3.63, 3.8) is 0 Å². The second kappa shape index (κ2) is 5.96. The number of hydrogen-bond acceptors (Lipinski definition) is 3. The number of anilines is 1. The van der Waals surface area contributed by atoms with Crippen LogP contribution in [0.2, 0.25) is 10.0 Å². The molecule has 1 aromatic carbocycles. The molecule has 3 rings (SSSR count). The third kappa shape index (κ3) is 2.48. The van der Waals surface area contributed by atoms with Crippen LogP contribution in [0, 0.1) is 0 Å². The van der Waals surface area contributed by atoms with Crippen molar-refractivity contribution in [1.29, 1.82) is 0 Å². The summed E-state index contributed by atoms with van der Waals surface area (Å²) in [5.41, 5.74) is 0.118. The van der Waals surface area contributed by atoms with E-state index in [0.717, 1.165) is 4.90 Å². The van der Waals surface area contributed by atoms with E-state index in [1.165, 1.54) is 22.6 Å². The molecule has 0 unspecified atom stereocenters. The summed E-state index contributed by atoms with van der Waals surface area (Å²) in [5, 5.41) is 0.644. The molecule has 8 heteroatoms. The predicted octanol–water partition coefficient (Wildman–Crippen LogP) is 2.83. The maximum Gasteiger partial charge on any atom is 0.332 e. The minimum atomic E-state index is -0.864. The molecular formula is C16H13Cl2N3O3. The molecule has 2 aromatic rings. The molecule has 3 amide bonds. The molecule has 1 aliphatic heterocycles. The molecule has 1 atom stereocenters. The van der Waals surface area contributed by atoms with Crippen molar-refractivity contribution in [1.82, 2.24) is 9.47 Å². The van der Waals surface area contributed by atoms with Gasteiger partial charge in [-0.3, -0.25) is 9.59 Å². The number of likely N-dealkylation sites (N-methyl/N-ethyl adjacent to an activating group) is 1. The van der Waals surface area contributed by atoms with Crippen LogP contribution >= 0.6 is 23.2 Å². The molecule has 1 saturated heterocycles. The lowest BCUT2D eigenvalue weighted by molar-refractivity contribution is -0.119. The topological polar surface area (TPSA) is 62.6 Å². The third-order valence-electron chi connectivity index (χ3n) is 3.94. The first kappa shape index (κ1) is 16.5. The van der Waals surface area contributed by atoms with Crippen molar-refractivity contribution in [3.8, 4) is 0 Å². The Hall–Kier alpha value is -2.31. The van der Waals surface area contributed by atoms with E-state index in [-0.39, 0.29) is 10.7 Å². The lowest BCUT2D eigenvalue weighted by atomic mass is 10.1. The normalized spacial score (nSPS) is 17.8. The summed E-state index contributed by atoms with van der Waals surface area (Å²) in [6.07, 6.45) is 1.55. The molecule has 0 aliphatic carbocycles. The molecule has 6 nitrogen and oxygen atoms in total. The smallest absolute Gasteiger partial charge is 0.317 e. The van der Waals surface area contributed by atoms with Gasteiger partial charge in [-0.15, -0.1) is 0 Å². The summed E-state index contributed by atoms with van der Waals surface area (Å²) >= 11 is 11.9. The SMILES string of the molecule is CN1C(=O)N(c2cccn(C)c2=O)C(=O)[C@H]1c1ccc(Cl)c(Cl)c1. The van der Waals surface area contributed by atoms with Crippen molar-refractivity contribution in [2.24, 2.45) is 7.05 Å². The molecule has 0 bridgehead atoms. The number of benzene rings is 1.